The number of hydrogen-bond donors (Lipinski definition) is 1. The highest BCUT2D eigenvalue weighted by atomic mass is 35.5. The van der Waals surface area contributed by atoms with Crippen molar-refractivity contribution in [3.8, 4) is 5.75 Å². The van der Waals surface area contributed by atoms with Crippen LogP contribution in [0.15, 0.2) is 42.5 Å². The van der Waals surface area contributed by atoms with Crippen LogP contribution in [0.1, 0.15) is 31.1 Å². The van der Waals surface area contributed by atoms with Gasteiger partial charge in [-0.3, -0.25) is 0 Å². The number of benzene rings is 2. The van der Waals surface area contributed by atoms with Crippen LogP contribution in [0.2, 0.25) is 5.02 Å². The molecule has 1 atom stereocenters. The van der Waals surface area contributed by atoms with E-state index >= 15 is 0 Å². The number of hydrogen-bond acceptors (Lipinski definition) is 2. The lowest BCUT2D eigenvalue weighted by Crippen LogP contribution is -2.06. The van der Waals surface area contributed by atoms with Gasteiger partial charge >= 0.3 is 0 Å². The minimum atomic E-state index is -1.05. The van der Waals surface area contributed by atoms with Crippen LogP contribution in [-0.4, -0.2) is 11.2 Å². The summed E-state index contributed by atoms with van der Waals surface area (Å²) in [7, 11) is 0. The zero-order valence-corrected chi connectivity index (χ0v) is 12.1. The summed E-state index contributed by atoms with van der Waals surface area (Å²) in [4.78, 5) is 0. The first-order valence-corrected chi connectivity index (χ1v) is 6.75. The molecule has 0 spiro atoms. The number of aliphatic hydroxyl groups excluding tert-OH is 1. The molecule has 0 bridgehead atoms. The largest absolute Gasteiger partial charge is 0.491 e. The molecule has 2 aromatic rings. The lowest BCUT2D eigenvalue weighted by atomic mass is 10.0. The molecule has 106 valence electrons. The average molecular weight is 295 g/mol. The van der Waals surface area contributed by atoms with E-state index in [1.54, 1.807) is 30.3 Å². The molecule has 1 N–H and O–H groups in total. The van der Waals surface area contributed by atoms with E-state index in [4.69, 9.17) is 16.3 Å². The van der Waals surface area contributed by atoms with Crippen molar-refractivity contribution in [1.29, 1.82) is 0 Å². The lowest BCUT2D eigenvalue weighted by Gasteiger charge is -2.14. The van der Waals surface area contributed by atoms with Crippen LogP contribution in [0.3, 0.4) is 0 Å². The van der Waals surface area contributed by atoms with Crippen LogP contribution in [0.4, 0.5) is 4.39 Å². The van der Waals surface area contributed by atoms with Crippen molar-refractivity contribution >= 4 is 11.6 Å². The van der Waals surface area contributed by atoms with Crippen molar-refractivity contribution in [2.75, 3.05) is 0 Å². The molecule has 0 heterocycles. The summed E-state index contributed by atoms with van der Waals surface area (Å²) >= 11 is 5.72. The van der Waals surface area contributed by atoms with Gasteiger partial charge in [0, 0.05) is 5.56 Å². The molecule has 0 aliphatic rings. The fourth-order valence-corrected chi connectivity index (χ4v) is 2.09. The van der Waals surface area contributed by atoms with Gasteiger partial charge in [0.2, 0.25) is 0 Å². The molecular weight excluding hydrogens is 279 g/mol. The summed E-state index contributed by atoms with van der Waals surface area (Å²) in [6.07, 6.45) is -0.974. The maximum atomic E-state index is 13.9. The Bertz CT molecular complexity index is 582. The summed E-state index contributed by atoms with van der Waals surface area (Å²) in [5.41, 5.74) is 0.748. The molecule has 0 saturated carbocycles. The Labute approximate surface area is 122 Å². The van der Waals surface area contributed by atoms with Gasteiger partial charge in [-0.2, -0.15) is 0 Å². The summed E-state index contributed by atoms with van der Waals surface area (Å²) in [5.74, 6) is 0.117. The quantitative estimate of drug-likeness (QED) is 0.908. The third kappa shape index (κ3) is 3.30. The summed E-state index contributed by atoms with van der Waals surface area (Å²) < 4.78 is 19.4. The first kappa shape index (κ1) is 14.8. The third-order valence-electron chi connectivity index (χ3n) is 2.84. The van der Waals surface area contributed by atoms with Gasteiger partial charge in [-0.15, -0.1) is 0 Å². The van der Waals surface area contributed by atoms with E-state index in [2.05, 4.69) is 0 Å². The number of rotatable bonds is 4. The number of aliphatic hydroxyl groups is 1. The van der Waals surface area contributed by atoms with Gasteiger partial charge in [-0.05, 0) is 37.6 Å². The van der Waals surface area contributed by atoms with Crippen LogP contribution in [-0.2, 0) is 0 Å². The fraction of sp³-hybridized carbons (Fsp3) is 0.250. The Morgan fingerprint density at radius 3 is 2.35 bits per heavy atom. The Hall–Kier alpha value is -1.58. The van der Waals surface area contributed by atoms with E-state index in [0.29, 0.717) is 11.3 Å². The first-order chi connectivity index (χ1) is 9.49. The Morgan fingerprint density at radius 1 is 1.10 bits per heavy atom. The van der Waals surface area contributed by atoms with E-state index in [1.165, 1.54) is 12.1 Å². The average Bonchev–Trinajstić information content (AvgIpc) is 2.41. The monoisotopic (exact) mass is 294 g/mol. The van der Waals surface area contributed by atoms with Gasteiger partial charge in [0.1, 0.15) is 17.7 Å². The highest BCUT2D eigenvalue weighted by Crippen LogP contribution is 2.29. The summed E-state index contributed by atoms with van der Waals surface area (Å²) in [5, 5.41) is 10.2. The van der Waals surface area contributed by atoms with E-state index in [-0.39, 0.29) is 16.7 Å². The predicted molar refractivity (Wildman–Crippen MR) is 77.7 cm³/mol. The molecule has 0 aromatic heterocycles. The van der Waals surface area contributed by atoms with Gasteiger partial charge < -0.3 is 9.84 Å². The minimum Gasteiger partial charge on any atom is -0.491 e. The van der Waals surface area contributed by atoms with Crippen LogP contribution >= 0.6 is 11.6 Å². The molecule has 2 aromatic carbocycles. The molecule has 0 radical (unpaired) electrons. The molecule has 2 rings (SSSR count). The second kappa shape index (κ2) is 6.25. The van der Waals surface area contributed by atoms with Crippen LogP contribution in [0.5, 0.6) is 5.75 Å². The second-order valence-corrected chi connectivity index (χ2v) is 5.19. The predicted octanol–water partition coefficient (Wildman–Crippen LogP) is 4.35. The van der Waals surface area contributed by atoms with Gasteiger partial charge in [0.15, 0.2) is 0 Å². The summed E-state index contributed by atoms with van der Waals surface area (Å²) in [6, 6.07) is 11.5. The molecular formula is C16H16ClFO2. The Morgan fingerprint density at radius 2 is 1.75 bits per heavy atom. The van der Waals surface area contributed by atoms with Crippen molar-refractivity contribution in [2.24, 2.45) is 0 Å². The van der Waals surface area contributed by atoms with Gasteiger partial charge in [-0.25, -0.2) is 4.39 Å². The SMILES string of the molecule is CC(C)Oc1ccc(C(O)c2cccc(Cl)c2F)cc1. The molecule has 0 fully saturated rings. The molecule has 20 heavy (non-hydrogen) atoms. The Kier molecular flexibility index (Phi) is 4.63. The normalized spacial score (nSPS) is 12.5. The third-order valence-corrected chi connectivity index (χ3v) is 3.14. The van der Waals surface area contributed by atoms with Gasteiger partial charge in [0.05, 0.1) is 11.1 Å². The smallest absolute Gasteiger partial charge is 0.147 e. The van der Waals surface area contributed by atoms with E-state index < -0.39 is 11.9 Å². The van der Waals surface area contributed by atoms with Crippen molar-refractivity contribution in [3.05, 3.63) is 64.4 Å². The van der Waals surface area contributed by atoms with Crippen molar-refractivity contribution in [1.82, 2.24) is 0 Å². The second-order valence-electron chi connectivity index (χ2n) is 4.78. The van der Waals surface area contributed by atoms with Crippen LogP contribution < -0.4 is 4.74 Å². The van der Waals surface area contributed by atoms with E-state index in [1.807, 2.05) is 13.8 Å². The van der Waals surface area contributed by atoms with Crippen molar-refractivity contribution in [2.45, 2.75) is 26.1 Å². The standard InChI is InChI=1S/C16H16ClFO2/c1-10(2)20-12-8-6-11(7-9-12)16(19)13-4-3-5-14(17)15(13)18/h3-10,16,19H,1-2H3. The molecule has 0 amide bonds. The van der Waals surface area contributed by atoms with Gasteiger partial charge in [0.25, 0.3) is 0 Å². The van der Waals surface area contributed by atoms with Crippen LogP contribution in [0.25, 0.3) is 0 Å². The molecule has 0 saturated heterocycles. The van der Waals surface area contributed by atoms with Crippen molar-refractivity contribution < 1.29 is 14.2 Å². The molecule has 4 heteroatoms. The molecule has 0 aliphatic heterocycles. The van der Waals surface area contributed by atoms with Crippen LogP contribution in [0, 0.1) is 5.82 Å². The van der Waals surface area contributed by atoms with Crippen molar-refractivity contribution in [3.63, 3.8) is 0 Å². The van der Waals surface area contributed by atoms with E-state index in [9.17, 15) is 9.50 Å². The highest BCUT2D eigenvalue weighted by Gasteiger charge is 2.16. The molecule has 2 nitrogen and oxygen atoms in total. The zero-order chi connectivity index (χ0) is 14.7. The first-order valence-electron chi connectivity index (χ1n) is 6.37. The van der Waals surface area contributed by atoms with Gasteiger partial charge in [-0.1, -0.05) is 35.9 Å². The number of ether oxygens (including phenoxy) is 1. The topological polar surface area (TPSA) is 29.5 Å². The fourth-order valence-electron chi connectivity index (χ4n) is 1.91. The number of halogens is 2. The molecule has 0 aliphatic carbocycles. The molecule has 1 unspecified atom stereocenters. The minimum absolute atomic E-state index is 0.00121. The summed E-state index contributed by atoms with van der Waals surface area (Å²) in [6.45, 7) is 3.87. The highest BCUT2D eigenvalue weighted by molar-refractivity contribution is 6.30. The Balaban J connectivity index is 2.25. The maximum Gasteiger partial charge on any atom is 0.147 e. The zero-order valence-electron chi connectivity index (χ0n) is 11.3. The van der Waals surface area contributed by atoms with E-state index in [0.717, 1.165) is 0 Å². The lowest BCUT2D eigenvalue weighted by molar-refractivity contribution is 0.214. The maximum absolute atomic E-state index is 13.9.